The molecule has 0 aliphatic carbocycles. The fourth-order valence-electron chi connectivity index (χ4n) is 3.96. The third-order valence-corrected chi connectivity index (χ3v) is 5.39. The Morgan fingerprint density at radius 2 is 1.28 bits per heavy atom. The Balaban J connectivity index is 2.23. The van der Waals surface area contributed by atoms with Crippen molar-refractivity contribution in [2.45, 2.75) is 45.6 Å². The van der Waals surface area contributed by atoms with Gasteiger partial charge in [-0.05, 0) is 74.6 Å². The normalized spacial score (nSPS) is 11.4. The Kier molecular flexibility index (Phi) is 7.87. The van der Waals surface area contributed by atoms with E-state index < -0.39 is 0 Å². The predicted molar refractivity (Wildman–Crippen MR) is 125 cm³/mol. The number of nitrogens with zero attached hydrogens (tertiary/aromatic N) is 1. The van der Waals surface area contributed by atoms with Crippen LogP contribution in [0.1, 0.15) is 61.8 Å². The number of rotatable bonds is 10. The van der Waals surface area contributed by atoms with E-state index in [1.807, 2.05) is 30.6 Å². The van der Waals surface area contributed by atoms with Crippen LogP contribution >= 0.6 is 0 Å². The molecule has 3 rings (SSSR count). The summed E-state index contributed by atoms with van der Waals surface area (Å²) in [4.78, 5) is 22.8. The minimum atomic E-state index is -0.358. The van der Waals surface area contributed by atoms with E-state index in [0.717, 1.165) is 48.7 Å². The summed E-state index contributed by atoms with van der Waals surface area (Å²) in [7, 11) is 0. The van der Waals surface area contributed by atoms with Gasteiger partial charge in [0.05, 0.1) is 5.69 Å². The van der Waals surface area contributed by atoms with Crippen molar-refractivity contribution in [1.82, 2.24) is 4.57 Å². The maximum atomic E-state index is 13.7. The molecule has 0 aliphatic heterocycles. The molecule has 3 aromatic rings. The summed E-state index contributed by atoms with van der Waals surface area (Å²) in [6, 6.07) is 12.2. The average molecular weight is 436 g/mol. The van der Waals surface area contributed by atoms with Crippen molar-refractivity contribution in [1.29, 1.82) is 0 Å². The van der Waals surface area contributed by atoms with Crippen molar-refractivity contribution >= 4 is 18.6 Å². The maximum Gasteiger partial charge on any atom is 0.167 e. The predicted octanol–water partition coefficient (Wildman–Crippen LogP) is 7.27. The fraction of sp³-hybridized carbons (Fsp3) is 0.259. The molecule has 2 aromatic carbocycles. The second kappa shape index (κ2) is 10.8. The second-order valence-corrected chi connectivity index (χ2v) is 7.97. The lowest BCUT2D eigenvalue weighted by Gasteiger charge is -2.14. The van der Waals surface area contributed by atoms with Crippen molar-refractivity contribution < 1.29 is 18.4 Å². The van der Waals surface area contributed by atoms with E-state index in [4.69, 9.17) is 0 Å². The number of aromatic nitrogens is 1. The number of hydrogen-bond donors (Lipinski definition) is 0. The molecule has 0 unspecified atom stereocenters. The highest BCUT2D eigenvalue weighted by molar-refractivity contribution is 5.99. The summed E-state index contributed by atoms with van der Waals surface area (Å²) >= 11 is 0. The molecule has 1 heterocycles. The highest BCUT2D eigenvalue weighted by atomic mass is 19.1. The van der Waals surface area contributed by atoms with E-state index in [-0.39, 0.29) is 17.7 Å². The number of hydrogen-bond acceptors (Lipinski definition) is 2. The van der Waals surface area contributed by atoms with E-state index in [1.54, 1.807) is 24.3 Å². The number of benzene rings is 2. The monoisotopic (exact) mass is 435 g/mol. The summed E-state index contributed by atoms with van der Waals surface area (Å²) in [6.07, 6.45) is 8.82. The lowest BCUT2D eigenvalue weighted by molar-refractivity contribution is -0.107. The third kappa shape index (κ3) is 5.10. The molecule has 0 amide bonds. The minimum absolute atomic E-state index is 0.0155. The molecule has 1 aromatic heterocycles. The van der Waals surface area contributed by atoms with Gasteiger partial charge in [0.1, 0.15) is 17.9 Å². The second-order valence-electron chi connectivity index (χ2n) is 7.97. The third-order valence-electron chi connectivity index (χ3n) is 5.39. The van der Waals surface area contributed by atoms with E-state index in [1.165, 1.54) is 24.3 Å². The fourth-order valence-corrected chi connectivity index (χ4v) is 3.96. The molecule has 0 radical (unpaired) electrons. The first-order chi connectivity index (χ1) is 15.5. The number of unbranched alkanes of at least 4 members (excludes halogenated alkanes) is 3. The molecular weight excluding hydrogens is 408 g/mol. The Morgan fingerprint density at radius 3 is 1.75 bits per heavy atom. The van der Waals surface area contributed by atoms with Crippen LogP contribution in [-0.2, 0) is 4.79 Å². The number of aldehydes is 2. The first kappa shape index (κ1) is 23.3. The first-order valence-corrected chi connectivity index (χ1v) is 10.8. The van der Waals surface area contributed by atoms with Gasteiger partial charge in [-0.25, -0.2) is 8.78 Å². The van der Waals surface area contributed by atoms with Crippen LogP contribution in [-0.4, -0.2) is 17.1 Å². The van der Waals surface area contributed by atoms with Crippen molar-refractivity contribution in [3.8, 4) is 22.3 Å². The van der Waals surface area contributed by atoms with Gasteiger partial charge in [-0.3, -0.25) is 4.79 Å². The van der Waals surface area contributed by atoms with Crippen LogP contribution in [0.4, 0.5) is 8.78 Å². The number of allylic oxidation sites excluding steroid dienone is 1. The summed E-state index contributed by atoms with van der Waals surface area (Å²) < 4.78 is 29.2. The van der Waals surface area contributed by atoms with Crippen molar-refractivity contribution in [2.75, 3.05) is 0 Å². The zero-order chi connectivity index (χ0) is 23.1. The average Bonchev–Trinajstić information content (AvgIpc) is 3.11. The lowest BCUT2D eigenvalue weighted by Crippen LogP contribution is -2.07. The summed E-state index contributed by atoms with van der Waals surface area (Å²) in [5, 5.41) is 0. The summed E-state index contributed by atoms with van der Waals surface area (Å²) in [6.45, 7) is 3.99. The number of carbonyl (C=O) groups excluding carboxylic acids is 2. The Hall–Kier alpha value is -3.34. The largest absolute Gasteiger partial charge is 0.335 e. The molecule has 0 spiro atoms. The minimum Gasteiger partial charge on any atom is -0.335 e. The van der Waals surface area contributed by atoms with E-state index >= 15 is 0 Å². The SMILES string of the molecule is CC(C)n1c(C=O)c(-c2ccc(F)cc2)c(-c2ccc(F)cc2)c1/C=C/CCCCC=O. The van der Waals surface area contributed by atoms with Crippen LogP contribution in [0.5, 0.6) is 0 Å². The molecule has 32 heavy (non-hydrogen) atoms. The molecule has 5 heteroatoms. The zero-order valence-electron chi connectivity index (χ0n) is 18.4. The van der Waals surface area contributed by atoms with Crippen LogP contribution in [0, 0.1) is 11.6 Å². The van der Waals surface area contributed by atoms with Crippen LogP contribution in [0.25, 0.3) is 28.3 Å². The zero-order valence-corrected chi connectivity index (χ0v) is 18.4. The van der Waals surface area contributed by atoms with Gasteiger partial charge in [0, 0.05) is 29.3 Å². The molecule has 0 aliphatic rings. The van der Waals surface area contributed by atoms with E-state index in [0.29, 0.717) is 23.2 Å². The number of halogens is 2. The van der Waals surface area contributed by atoms with Crippen LogP contribution in [0.3, 0.4) is 0 Å². The van der Waals surface area contributed by atoms with E-state index in [9.17, 15) is 18.4 Å². The molecule has 0 atom stereocenters. The highest BCUT2D eigenvalue weighted by Gasteiger charge is 2.25. The van der Waals surface area contributed by atoms with Crippen molar-refractivity contribution in [2.24, 2.45) is 0 Å². The molecule has 0 saturated heterocycles. The van der Waals surface area contributed by atoms with Gasteiger partial charge in [0.15, 0.2) is 6.29 Å². The molecule has 0 bridgehead atoms. The molecule has 0 N–H and O–H groups in total. The van der Waals surface area contributed by atoms with E-state index in [2.05, 4.69) is 0 Å². The van der Waals surface area contributed by atoms with Gasteiger partial charge in [-0.15, -0.1) is 0 Å². The Morgan fingerprint density at radius 1 is 0.781 bits per heavy atom. The van der Waals surface area contributed by atoms with Crippen LogP contribution in [0.2, 0.25) is 0 Å². The maximum absolute atomic E-state index is 13.7. The van der Waals surface area contributed by atoms with Crippen LogP contribution in [0.15, 0.2) is 54.6 Å². The van der Waals surface area contributed by atoms with Crippen molar-refractivity contribution in [3.63, 3.8) is 0 Å². The molecule has 0 saturated carbocycles. The van der Waals surface area contributed by atoms with Gasteiger partial charge in [-0.2, -0.15) is 0 Å². The number of carbonyl (C=O) groups is 2. The molecule has 3 nitrogen and oxygen atoms in total. The standard InChI is InChI=1S/C27H27F2NO2/c1-19(2)30-24(8-6-4-3-5-7-17-31)26(20-9-13-22(28)14-10-20)27(25(30)18-32)21-11-15-23(29)16-12-21/h6,8-19H,3-5,7H2,1-2H3/b8-6+. The lowest BCUT2D eigenvalue weighted by atomic mass is 9.94. The topological polar surface area (TPSA) is 39.1 Å². The smallest absolute Gasteiger partial charge is 0.167 e. The Labute approximate surface area is 187 Å². The van der Waals surface area contributed by atoms with Crippen molar-refractivity contribution in [3.05, 3.63) is 77.6 Å². The summed E-state index contributed by atoms with van der Waals surface area (Å²) in [5.74, 6) is -0.702. The quantitative estimate of drug-likeness (QED) is 0.248. The van der Waals surface area contributed by atoms with Gasteiger partial charge in [0.2, 0.25) is 0 Å². The molecule has 166 valence electrons. The van der Waals surface area contributed by atoms with Crippen LogP contribution < -0.4 is 0 Å². The highest BCUT2D eigenvalue weighted by Crippen LogP contribution is 2.42. The molecule has 0 fully saturated rings. The van der Waals surface area contributed by atoms with Gasteiger partial charge < -0.3 is 9.36 Å². The van der Waals surface area contributed by atoms with Gasteiger partial charge in [-0.1, -0.05) is 30.3 Å². The summed E-state index contributed by atoms with van der Waals surface area (Å²) in [5.41, 5.74) is 4.31. The Bertz CT molecular complexity index is 1090. The first-order valence-electron chi connectivity index (χ1n) is 10.8. The van der Waals surface area contributed by atoms with Gasteiger partial charge >= 0.3 is 0 Å². The molecular formula is C27H27F2NO2. The van der Waals surface area contributed by atoms with Gasteiger partial charge in [0.25, 0.3) is 0 Å².